The molecule has 1 aromatic carbocycles. The highest BCUT2D eigenvalue weighted by molar-refractivity contribution is 5.26. The topological polar surface area (TPSA) is 21.8 Å². The largest absolute Gasteiger partial charge is 0.484 e. The Morgan fingerprint density at radius 3 is 2.50 bits per heavy atom. The minimum atomic E-state index is -0.686. The lowest BCUT2D eigenvalue weighted by Crippen LogP contribution is -2.17. The molecule has 14 heavy (non-hydrogen) atoms. The van der Waals surface area contributed by atoms with E-state index in [0.29, 0.717) is 6.61 Å². The van der Waals surface area contributed by atoms with Crippen molar-refractivity contribution in [1.29, 1.82) is 0 Å². The molecule has 1 unspecified atom stereocenters. The van der Waals surface area contributed by atoms with Gasteiger partial charge in [-0.3, -0.25) is 0 Å². The fourth-order valence-electron chi connectivity index (χ4n) is 1.05. The van der Waals surface area contributed by atoms with E-state index in [1.165, 1.54) is 6.07 Å². The number of para-hydroxylation sites is 1. The minimum absolute atomic E-state index is 0.171. The molecule has 1 aliphatic rings. The molecule has 4 heteroatoms. The number of benzene rings is 1. The standard InChI is InChI=1S/C10H10F2O2/c1-10(6-14-10)5-13-9-7(11)3-2-4-8(9)12/h2-4H,5-6H2,1H3. The van der Waals surface area contributed by atoms with Crippen molar-refractivity contribution >= 4 is 0 Å². The third kappa shape index (κ3) is 1.85. The molecule has 0 amide bonds. The van der Waals surface area contributed by atoms with E-state index in [4.69, 9.17) is 9.47 Å². The van der Waals surface area contributed by atoms with Crippen LogP contribution in [-0.4, -0.2) is 18.8 Å². The first kappa shape index (κ1) is 9.40. The first-order valence-electron chi connectivity index (χ1n) is 4.31. The zero-order chi connectivity index (χ0) is 10.2. The summed E-state index contributed by atoms with van der Waals surface area (Å²) < 4.78 is 36.1. The van der Waals surface area contributed by atoms with Crippen molar-refractivity contribution in [3.05, 3.63) is 29.8 Å². The summed E-state index contributed by atoms with van der Waals surface area (Å²) in [5.74, 6) is -1.70. The molecule has 1 aliphatic heterocycles. The lowest BCUT2D eigenvalue weighted by molar-refractivity contribution is 0.190. The fraction of sp³-hybridized carbons (Fsp3) is 0.400. The third-order valence-electron chi connectivity index (χ3n) is 2.08. The van der Waals surface area contributed by atoms with Gasteiger partial charge in [-0.2, -0.15) is 0 Å². The van der Waals surface area contributed by atoms with Crippen molar-refractivity contribution in [3.8, 4) is 5.75 Å². The average Bonchev–Trinajstić information content (AvgIpc) is 2.83. The van der Waals surface area contributed by atoms with Gasteiger partial charge in [0.1, 0.15) is 12.2 Å². The van der Waals surface area contributed by atoms with Crippen molar-refractivity contribution in [2.45, 2.75) is 12.5 Å². The van der Waals surface area contributed by atoms with Crippen molar-refractivity contribution in [2.75, 3.05) is 13.2 Å². The van der Waals surface area contributed by atoms with Gasteiger partial charge in [-0.05, 0) is 19.1 Å². The molecule has 0 spiro atoms. The maximum absolute atomic E-state index is 13.0. The second kappa shape index (κ2) is 3.20. The number of epoxide rings is 1. The van der Waals surface area contributed by atoms with E-state index in [2.05, 4.69) is 0 Å². The number of hydrogen-bond donors (Lipinski definition) is 0. The predicted molar refractivity (Wildman–Crippen MR) is 46.2 cm³/mol. The van der Waals surface area contributed by atoms with Crippen LogP contribution in [0.4, 0.5) is 8.78 Å². The van der Waals surface area contributed by atoms with Crippen LogP contribution in [0.25, 0.3) is 0 Å². The second-order valence-electron chi connectivity index (χ2n) is 3.58. The Hall–Kier alpha value is -1.16. The summed E-state index contributed by atoms with van der Waals surface area (Å²) in [6, 6.07) is 3.62. The summed E-state index contributed by atoms with van der Waals surface area (Å²) in [4.78, 5) is 0. The van der Waals surface area contributed by atoms with Gasteiger partial charge in [-0.1, -0.05) is 6.07 Å². The molecule has 2 nitrogen and oxygen atoms in total. The highest BCUT2D eigenvalue weighted by atomic mass is 19.1. The third-order valence-corrected chi connectivity index (χ3v) is 2.08. The van der Waals surface area contributed by atoms with Crippen LogP contribution in [0, 0.1) is 11.6 Å². The summed E-state index contributed by atoms with van der Waals surface area (Å²) in [6.07, 6.45) is 0. The van der Waals surface area contributed by atoms with Crippen LogP contribution < -0.4 is 4.74 Å². The molecular formula is C10H10F2O2. The number of rotatable bonds is 3. The normalized spacial score (nSPS) is 24.8. The molecule has 76 valence electrons. The van der Waals surface area contributed by atoms with Crippen LogP contribution in [0.1, 0.15) is 6.92 Å². The quantitative estimate of drug-likeness (QED) is 0.697. The van der Waals surface area contributed by atoms with Gasteiger partial charge in [0.05, 0.1) is 6.61 Å². The van der Waals surface area contributed by atoms with Crippen LogP contribution in [0.3, 0.4) is 0 Å². The van der Waals surface area contributed by atoms with Gasteiger partial charge >= 0.3 is 0 Å². The van der Waals surface area contributed by atoms with Crippen molar-refractivity contribution in [1.82, 2.24) is 0 Å². The summed E-state index contributed by atoms with van der Waals surface area (Å²) >= 11 is 0. The van der Waals surface area contributed by atoms with Crippen LogP contribution in [0.2, 0.25) is 0 Å². The maximum atomic E-state index is 13.0. The molecular weight excluding hydrogens is 190 g/mol. The molecule has 0 aromatic heterocycles. The van der Waals surface area contributed by atoms with Gasteiger partial charge in [0.25, 0.3) is 0 Å². The Bertz CT molecular complexity index is 328. The molecule has 0 saturated carbocycles. The van der Waals surface area contributed by atoms with Crippen LogP contribution in [0.15, 0.2) is 18.2 Å². The molecule has 1 heterocycles. The lowest BCUT2D eigenvalue weighted by atomic mass is 10.2. The molecule has 0 aliphatic carbocycles. The number of hydrogen-bond acceptors (Lipinski definition) is 2. The highest BCUT2D eigenvalue weighted by Crippen LogP contribution is 2.28. The first-order valence-corrected chi connectivity index (χ1v) is 4.31. The van der Waals surface area contributed by atoms with Gasteiger partial charge in [-0.25, -0.2) is 8.78 Å². The summed E-state index contributed by atoms with van der Waals surface area (Å²) in [5.41, 5.74) is -0.366. The van der Waals surface area contributed by atoms with Crippen LogP contribution in [0.5, 0.6) is 5.75 Å². The summed E-state index contributed by atoms with van der Waals surface area (Å²) in [7, 11) is 0. The predicted octanol–water partition coefficient (Wildman–Crippen LogP) is 2.13. The zero-order valence-corrected chi connectivity index (χ0v) is 7.72. The van der Waals surface area contributed by atoms with Crippen molar-refractivity contribution in [2.24, 2.45) is 0 Å². The number of ether oxygens (including phenoxy) is 2. The van der Waals surface area contributed by atoms with Gasteiger partial charge in [0.15, 0.2) is 17.4 Å². The average molecular weight is 200 g/mol. The molecule has 1 saturated heterocycles. The Kier molecular flexibility index (Phi) is 2.15. The highest BCUT2D eigenvalue weighted by Gasteiger charge is 2.40. The van der Waals surface area contributed by atoms with Gasteiger partial charge in [0, 0.05) is 0 Å². The first-order chi connectivity index (χ1) is 6.61. The molecule has 1 fully saturated rings. The van der Waals surface area contributed by atoms with E-state index in [1.54, 1.807) is 0 Å². The molecule has 0 N–H and O–H groups in total. The molecule has 1 aromatic rings. The van der Waals surface area contributed by atoms with E-state index in [-0.39, 0.29) is 18.0 Å². The molecule has 2 rings (SSSR count). The lowest BCUT2D eigenvalue weighted by Gasteiger charge is -2.09. The Balaban J connectivity index is 2.08. The van der Waals surface area contributed by atoms with Crippen LogP contribution >= 0.6 is 0 Å². The summed E-state index contributed by atoms with van der Waals surface area (Å²) in [5, 5.41) is 0. The monoisotopic (exact) mass is 200 g/mol. The zero-order valence-electron chi connectivity index (χ0n) is 7.72. The Morgan fingerprint density at radius 1 is 1.43 bits per heavy atom. The number of halogens is 2. The van der Waals surface area contributed by atoms with E-state index in [1.807, 2.05) is 6.92 Å². The van der Waals surface area contributed by atoms with Gasteiger partial charge in [-0.15, -0.1) is 0 Å². The molecule has 1 atom stereocenters. The van der Waals surface area contributed by atoms with Crippen molar-refractivity contribution < 1.29 is 18.3 Å². The molecule has 0 radical (unpaired) electrons. The Morgan fingerprint density at radius 2 is 2.00 bits per heavy atom. The minimum Gasteiger partial charge on any atom is -0.484 e. The SMILES string of the molecule is CC1(COc2c(F)cccc2F)CO1. The van der Waals surface area contributed by atoms with Crippen molar-refractivity contribution in [3.63, 3.8) is 0 Å². The van der Waals surface area contributed by atoms with Gasteiger partial charge in [0.2, 0.25) is 0 Å². The smallest absolute Gasteiger partial charge is 0.190 e. The second-order valence-corrected chi connectivity index (χ2v) is 3.58. The molecule has 0 bridgehead atoms. The van der Waals surface area contributed by atoms with Crippen LogP contribution in [-0.2, 0) is 4.74 Å². The maximum Gasteiger partial charge on any atom is 0.190 e. The van der Waals surface area contributed by atoms with E-state index in [9.17, 15) is 8.78 Å². The van der Waals surface area contributed by atoms with E-state index in [0.717, 1.165) is 12.1 Å². The fourth-order valence-corrected chi connectivity index (χ4v) is 1.05. The summed E-state index contributed by atoms with van der Waals surface area (Å²) in [6.45, 7) is 2.57. The van der Waals surface area contributed by atoms with Gasteiger partial charge < -0.3 is 9.47 Å². The van der Waals surface area contributed by atoms with E-state index >= 15 is 0 Å². The Labute approximate surface area is 80.4 Å². The van der Waals surface area contributed by atoms with E-state index < -0.39 is 11.6 Å².